The molecule has 0 aliphatic carbocycles. The van der Waals surface area contributed by atoms with Gasteiger partial charge in [-0.25, -0.2) is 0 Å². The third kappa shape index (κ3) is 2.61. The lowest BCUT2D eigenvalue weighted by atomic mass is 10.1. The molecule has 2 N–H and O–H groups in total. The topological polar surface area (TPSA) is 69.2 Å². The first-order valence-corrected chi connectivity index (χ1v) is 5.53. The summed E-state index contributed by atoms with van der Waals surface area (Å²) in [4.78, 5) is 13.8. The number of carbonyl (C=O) groups excluding carboxylic acids is 1. The molecule has 0 spiro atoms. The summed E-state index contributed by atoms with van der Waals surface area (Å²) >= 11 is 0. The second-order valence-electron chi connectivity index (χ2n) is 3.82. The highest BCUT2D eigenvalue weighted by atomic mass is 16.3. The Morgan fingerprint density at radius 1 is 1.44 bits per heavy atom. The van der Waals surface area contributed by atoms with Crippen LogP contribution in [0.5, 0.6) is 0 Å². The smallest absolute Gasteiger partial charge is 0.257 e. The van der Waals surface area contributed by atoms with E-state index in [9.17, 15) is 4.79 Å². The van der Waals surface area contributed by atoms with E-state index in [0.29, 0.717) is 24.3 Å². The number of aliphatic hydroxyl groups is 1. The fourth-order valence-electron chi connectivity index (χ4n) is 1.73. The zero-order valence-electron chi connectivity index (χ0n) is 10.1. The fourth-order valence-corrected chi connectivity index (χ4v) is 1.73. The van der Waals surface area contributed by atoms with Gasteiger partial charge in [0.2, 0.25) is 0 Å². The number of aromatic amines is 1. The molecule has 0 radical (unpaired) electrons. The first kappa shape index (κ1) is 12.7. The first-order valence-electron chi connectivity index (χ1n) is 5.53. The molecule has 1 aromatic rings. The quantitative estimate of drug-likeness (QED) is 0.781. The predicted octanol–water partition coefficient (Wildman–Crippen LogP) is 0.871. The van der Waals surface area contributed by atoms with Crippen molar-refractivity contribution in [2.24, 2.45) is 0 Å². The summed E-state index contributed by atoms with van der Waals surface area (Å²) in [7, 11) is 0. The molecule has 0 atom stereocenters. The van der Waals surface area contributed by atoms with E-state index in [1.807, 2.05) is 13.8 Å². The third-order valence-electron chi connectivity index (χ3n) is 2.49. The molecule has 1 heterocycles. The molecule has 5 heteroatoms. The van der Waals surface area contributed by atoms with Gasteiger partial charge in [-0.1, -0.05) is 6.92 Å². The highest BCUT2D eigenvalue weighted by Gasteiger charge is 2.20. The highest BCUT2D eigenvalue weighted by Crippen LogP contribution is 2.12. The number of hydrogen-bond donors (Lipinski definition) is 2. The number of nitrogens with one attached hydrogen (secondary N) is 1. The van der Waals surface area contributed by atoms with E-state index in [2.05, 4.69) is 10.2 Å². The summed E-state index contributed by atoms with van der Waals surface area (Å²) in [6.45, 7) is 6.66. The van der Waals surface area contributed by atoms with Crippen LogP contribution in [0.1, 0.15) is 35.1 Å². The van der Waals surface area contributed by atoms with E-state index >= 15 is 0 Å². The van der Waals surface area contributed by atoms with E-state index in [1.165, 1.54) is 0 Å². The molecule has 0 aliphatic rings. The highest BCUT2D eigenvalue weighted by molar-refractivity contribution is 5.96. The van der Waals surface area contributed by atoms with Crippen molar-refractivity contribution >= 4 is 5.91 Å². The van der Waals surface area contributed by atoms with E-state index in [4.69, 9.17) is 5.11 Å². The molecule has 0 aliphatic heterocycles. The summed E-state index contributed by atoms with van der Waals surface area (Å²) in [6.07, 6.45) is 0.877. The first-order chi connectivity index (χ1) is 7.61. The summed E-state index contributed by atoms with van der Waals surface area (Å²) in [5, 5.41) is 15.7. The minimum Gasteiger partial charge on any atom is -0.395 e. The Hall–Kier alpha value is -1.36. The number of amides is 1. The van der Waals surface area contributed by atoms with E-state index < -0.39 is 0 Å². The van der Waals surface area contributed by atoms with Crippen LogP contribution in [0.3, 0.4) is 0 Å². The monoisotopic (exact) mass is 225 g/mol. The minimum absolute atomic E-state index is 0.0122. The Morgan fingerprint density at radius 3 is 2.56 bits per heavy atom. The van der Waals surface area contributed by atoms with Gasteiger partial charge in [-0.3, -0.25) is 9.89 Å². The van der Waals surface area contributed by atoms with Crippen LogP contribution in [-0.4, -0.2) is 45.8 Å². The minimum atomic E-state index is -0.0559. The molecule has 16 heavy (non-hydrogen) atoms. The second kappa shape index (κ2) is 5.65. The number of aliphatic hydroxyl groups excluding tert-OH is 1. The zero-order valence-corrected chi connectivity index (χ0v) is 10.1. The SMILES string of the molecule is CCCN(CCO)C(=O)c1c(C)n[nH]c1C. The maximum Gasteiger partial charge on any atom is 0.257 e. The number of rotatable bonds is 5. The van der Waals surface area contributed by atoms with Gasteiger partial charge in [0.05, 0.1) is 17.9 Å². The van der Waals surface area contributed by atoms with Gasteiger partial charge in [-0.2, -0.15) is 5.10 Å². The Labute approximate surface area is 95.5 Å². The van der Waals surface area contributed by atoms with Gasteiger partial charge in [0.1, 0.15) is 0 Å². The van der Waals surface area contributed by atoms with Crippen LogP contribution in [-0.2, 0) is 0 Å². The van der Waals surface area contributed by atoms with E-state index in [1.54, 1.807) is 11.8 Å². The molecule has 1 aromatic heterocycles. The molecule has 0 aromatic carbocycles. The molecule has 0 bridgehead atoms. The van der Waals surface area contributed by atoms with Gasteiger partial charge in [-0.05, 0) is 20.3 Å². The number of aryl methyl sites for hydroxylation is 2. The number of H-pyrrole nitrogens is 1. The number of nitrogens with zero attached hydrogens (tertiary/aromatic N) is 2. The van der Waals surface area contributed by atoms with Crippen molar-refractivity contribution < 1.29 is 9.90 Å². The van der Waals surface area contributed by atoms with Crippen LogP contribution in [0.4, 0.5) is 0 Å². The Kier molecular flexibility index (Phi) is 4.49. The molecular formula is C11H19N3O2. The predicted molar refractivity (Wildman–Crippen MR) is 61.3 cm³/mol. The van der Waals surface area contributed by atoms with Crippen molar-refractivity contribution in [3.63, 3.8) is 0 Å². The van der Waals surface area contributed by atoms with Crippen molar-refractivity contribution in [2.75, 3.05) is 19.7 Å². The molecule has 1 rings (SSSR count). The summed E-state index contributed by atoms with van der Waals surface area (Å²) in [5.41, 5.74) is 2.12. The molecule has 0 unspecified atom stereocenters. The molecule has 0 fully saturated rings. The summed E-state index contributed by atoms with van der Waals surface area (Å²) < 4.78 is 0. The fraction of sp³-hybridized carbons (Fsp3) is 0.636. The van der Waals surface area contributed by atoms with Crippen molar-refractivity contribution in [1.82, 2.24) is 15.1 Å². The maximum absolute atomic E-state index is 12.2. The lowest BCUT2D eigenvalue weighted by Gasteiger charge is -2.21. The molecule has 1 amide bonds. The standard InChI is InChI=1S/C11H19N3O2/c1-4-5-14(6-7-15)11(16)10-8(2)12-13-9(10)3/h15H,4-7H2,1-3H3,(H,12,13). The second-order valence-corrected chi connectivity index (χ2v) is 3.82. The van der Waals surface area contributed by atoms with Crippen molar-refractivity contribution in [3.8, 4) is 0 Å². The van der Waals surface area contributed by atoms with E-state index in [0.717, 1.165) is 12.1 Å². The van der Waals surface area contributed by atoms with Crippen LogP contribution >= 0.6 is 0 Å². The maximum atomic E-state index is 12.2. The van der Waals surface area contributed by atoms with Gasteiger partial charge in [0.15, 0.2) is 0 Å². The molecular weight excluding hydrogens is 206 g/mol. The van der Waals surface area contributed by atoms with Crippen molar-refractivity contribution in [3.05, 3.63) is 17.0 Å². The third-order valence-corrected chi connectivity index (χ3v) is 2.49. The lowest BCUT2D eigenvalue weighted by molar-refractivity contribution is 0.0720. The van der Waals surface area contributed by atoms with Crippen LogP contribution in [0.2, 0.25) is 0 Å². The average Bonchev–Trinajstić information content (AvgIpc) is 2.57. The Morgan fingerprint density at radius 2 is 2.12 bits per heavy atom. The zero-order chi connectivity index (χ0) is 12.1. The van der Waals surface area contributed by atoms with Gasteiger partial charge < -0.3 is 10.0 Å². The number of hydrogen-bond acceptors (Lipinski definition) is 3. The van der Waals surface area contributed by atoms with Gasteiger partial charge in [0, 0.05) is 18.8 Å². The van der Waals surface area contributed by atoms with Crippen LogP contribution in [0.25, 0.3) is 0 Å². The molecule has 5 nitrogen and oxygen atoms in total. The summed E-state index contributed by atoms with van der Waals surface area (Å²) in [6, 6.07) is 0. The van der Waals surface area contributed by atoms with Gasteiger partial charge in [0.25, 0.3) is 5.91 Å². The van der Waals surface area contributed by atoms with Crippen molar-refractivity contribution in [2.45, 2.75) is 27.2 Å². The Balaban J connectivity index is 2.89. The number of carbonyl (C=O) groups is 1. The number of aromatic nitrogens is 2. The average molecular weight is 225 g/mol. The van der Waals surface area contributed by atoms with E-state index in [-0.39, 0.29) is 12.5 Å². The van der Waals surface area contributed by atoms with Crippen molar-refractivity contribution in [1.29, 1.82) is 0 Å². The van der Waals surface area contributed by atoms with Crippen LogP contribution < -0.4 is 0 Å². The van der Waals surface area contributed by atoms with Gasteiger partial charge in [-0.15, -0.1) is 0 Å². The Bertz CT molecular complexity index is 335. The molecule has 0 saturated carbocycles. The molecule has 90 valence electrons. The van der Waals surface area contributed by atoms with Crippen LogP contribution in [0, 0.1) is 13.8 Å². The normalized spacial score (nSPS) is 10.5. The molecule has 0 saturated heterocycles. The largest absolute Gasteiger partial charge is 0.395 e. The lowest BCUT2D eigenvalue weighted by Crippen LogP contribution is -2.34. The summed E-state index contributed by atoms with van der Waals surface area (Å²) in [5.74, 6) is -0.0559. The van der Waals surface area contributed by atoms with Crippen LogP contribution in [0.15, 0.2) is 0 Å². The van der Waals surface area contributed by atoms with Gasteiger partial charge >= 0.3 is 0 Å².